The number of pyridine rings is 1. The molecule has 0 bridgehead atoms. The van der Waals surface area contributed by atoms with E-state index in [9.17, 15) is 4.79 Å². The summed E-state index contributed by atoms with van der Waals surface area (Å²) in [6.45, 7) is 5.48. The second-order valence-corrected chi connectivity index (χ2v) is 6.36. The zero-order chi connectivity index (χ0) is 15.5. The van der Waals surface area contributed by atoms with Crippen LogP contribution in [0.5, 0.6) is 0 Å². The van der Waals surface area contributed by atoms with E-state index in [4.69, 9.17) is 4.74 Å². The Morgan fingerprint density at radius 2 is 1.81 bits per heavy atom. The molecule has 5 heteroatoms. The number of carbonyl (C=O) groups is 1. The normalized spacial score (nSPS) is 11.0. The number of hydrogen-bond donors (Lipinski definition) is 1. The van der Waals surface area contributed by atoms with E-state index in [1.165, 1.54) is 0 Å². The molecular weight excluding hydrogens is 332 g/mol. The molecule has 1 aromatic heterocycles. The number of carbonyl (C=O) groups excluding carboxylic acids is 1. The van der Waals surface area contributed by atoms with Crippen molar-refractivity contribution in [3.63, 3.8) is 0 Å². The molecule has 1 N–H and O–H groups in total. The molecule has 1 aromatic carbocycles. The maximum absolute atomic E-state index is 11.7. The second-order valence-electron chi connectivity index (χ2n) is 5.55. The van der Waals surface area contributed by atoms with Crippen molar-refractivity contribution in [2.45, 2.75) is 26.4 Å². The Bertz CT molecular complexity index is 633. The predicted octanol–water partition coefficient (Wildman–Crippen LogP) is 4.86. The molecule has 0 atom stereocenters. The van der Waals surface area contributed by atoms with Crippen LogP contribution in [-0.4, -0.2) is 16.7 Å². The van der Waals surface area contributed by atoms with Crippen molar-refractivity contribution in [3.05, 3.63) is 47.1 Å². The van der Waals surface area contributed by atoms with Gasteiger partial charge >= 0.3 is 6.09 Å². The van der Waals surface area contributed by atoms with Crippen LogP contribution in [0.3, 0.4) is 0 Å². The van der Waals surface area contributed by atoms with E-state index in [2.05, 4.69) is 26.2 Å². The Kier molecular flexibility index (Phi) is 4.63. The van der Waals surface area contributed by atoms with Gasteiger partial charge in [0, 0.05) is 11.3 Å². The summed E-state index contributed by atoms with van der Waals surface area (Å²) in [6, 6.07) is 13.2. The third-order valence-electron chi connectivity index (χ3n) is 2.54. The van der Waals surface area contributed by atoms with Crippen LogP contribution in [0.15, 0.2) is 47.1 Å². The summed E-state index contributed by atoms with van der Waals surface area (Å²) >= 11 is 3.35. The molecule has 4 nitrogen and oxygen atoms in total. The lowest BCUT2D eigenvalue weighted by molar-refractivity contribution is 0.0636. The molecule has 21 heavy (non-hydrogen) atoms. The quantitative estimate of drug-likeness (QED) is 0.788. The van der Waals surface area contributed by atoms with Gasteiger partial charge in [-0.15, -0.1) is 0 Å². The number of amides is 1. The highest BCUT2D eigenvalue weighted by Crippen LogP contribution is 2.21. The first-order valence-corrected chi connectivity index (χ1v) is 7.36. The van der Waals surface area contributed by atoms with Gasteiger partial charge in [0.05, 0.1) is 5.69 Å². The van der Waals surface area contributed by atoms with E-state index in [0.29, 0.717) is 5.69 Å². The van der Waals surface area contributed by atoms with Gasteiger partial charge in [0.15, 0.2) is 0 Å². The lowest BCUT2D eigenvalue weighted by atomic mass is 10.1. The molecule has 110 valence electrons. The van der Waals surface area contributed by atoms with Gasteiger partial charge in [0.2, 0.25) is 0 Å². The molecule has 2 aromatic rings. The Balaban J connectivity index is 2.07. The van der Waals surface area contributed by atoms with Crippen molar-refractivity contribution < 1.29 is 9.53 Å². The van der Waals surface area contributed by atoms with E-state index < -0.39 is 11.7 Å². The van der Waals surface area contributed by atoms with E-state index in [-0.39, 0.29) is 0 Å². The number of hydrogen-bond acceptors (Lipinski definition) is 3. The Morgan fingerprint density at radius 3 is 2.38 bits per heavy atom. The zero-order valence-corrected chi connectivity index (χ0v) is 13.8. The lowest BCUT2D eigenvalue weighted by Crippen LogP contribution is -2.27. The van der Waals surface area contributed by atoms with E-state index >= 15 is 0 Å². The fraction of sp³-hybridized carbons (Fsp3) is 0.250. The first-order valence-electron chi connectivity index (χ1n) is 6.56. The SMILES string of the molecule is CC(C)(C)OC(=O)Nc1ccc(-c2cccc(Br)n2)cc1. The fourth-order valence-corrected chi connectivity index (χ4v) is 2.06. The lowest BCUT2D eigenvalue weighted by Gasteiger charge is -2.19. The molecule has 0 aliphatic heterocycles. The molecule has 1 heterocycles. The van der Waals surface area contributed by atoms with Crippen LogP contribution in [0, 0.1) is 0 Å². The summed E-state index contributed by atoms with van der Waals surface area (Å²) in [6.07, 6.45) is -0.462. The van der Waals surface area contributed by atoms with Gasteiger partial charge in [0.1, 0.15) is 10.2 Å². The molecule has 2 rings (SSSR count). The molecule has 0 saturated carbocycles. The second kappa shape index (κ2) is 6.26. The molecule has 0 spiro atoms. The van der Waals surface area contributed by atoms with Gasteiger partial charge in [-0.1, -0.05) is 18.2 Å². The van der Waals surface area contributed by atoms with Gasteiger partial charge in [0.25, 0.3) is 0 Å². The topological polar surface area (TPSA) is 51.2 Å². The van der Waals surface area contributed by atoms with Crippen LogP contribution < -0.4 is 5.32 Å². The number of ether oxygens (including phenoxy) is 1. The number of nitrogens with zero attached hydrogens (tertiary/aromatic N) is 1. The summed E-state index contributed by atoms with van der Waals surface area (Å²) in [4.78, 5) is 16.1. The van der Waals surface area contributed by atoms with Crippen molar-refractivity contribution in [1.82, 2.24) is 4.98 Å². The predicted molar refractivity (Wildman–Crippen MR) is 87.2 cm³/mol. The van der Waals surface area contributed by atoms with Crippen LogP contribution in [0.1, 0.15) is 20.8 Å². The molecule has 0 aliphatic rings. The van der Waals surface area contributed by atoms with Crippen LogP contribution >= 0.6 is 15.9 Å². The molecule has 0 saturated heterocycles. The summed E-state index contributed by atoms with van der Waals surface area (Å²) in [5.41, 5.74) is 2.02. The van der Waals surface area contributed by atoms with E-state index in [1.54, 1.807) is 0 Å². The highest BCUT2D eigenvalue weighted by molar-refractivity contribution is 9.10. The number of nitrogens with one attached hydrogen (secondary N) is 1. The number of aromatic nitrogens is 1. The molecule has 0 aliphatic carbocycles. The Labute approximate surface area is 132 Å². The van der Waals surface area contributed by atoms with Crippen molar-refractivity contribution in [2.24, 2.45) is 0 Å². The number of anilines is 1. The summed E-state index contributed by atoms with van der Waals surface area (Å²) in [5.74, 6) is 0. The molecule has 0 radical (unpaired) electrons. The fourth-order valence-electron chi connectivity index (χ4n) is 1.71. The molecule has 0 unspecified atom stereocenters. The number of benzene rings is 1. The number of rotatable bonds is 2. The van der Waals surface area contributed by atoms with Crippen LogP contribution in [0.2, 0.25) is 0 Å². The Hall–Kier alpha value is -1.88. The first-order chi connectivity index (χ1) is 9.83. The van der Waals surface area contributed by atoms with Gasteiger partial charge < -0.3 is 4.74 Å². The maximum atomic E-state index is 11.7. The highest BCUT2D eigenvalue weighted by atomic mass is 79.9. The minimum absolute atomic E-state index is 0.462. The maximum Gasteiger partial charge on any atom is 0.412 e. The molecule has 1 amide bonds. The minimum atomic E-state index is -0.510. The van der Waals surface area contributed by atoms with Gasteiger partial charge in [-0.25, -0.2) is 9.78 Å². The third-order valence-corrected chi connectivity index (χ3v) is 2.98. The van der Waals surface area contributed by atoms with E-state index in [0.717, 1.165) is 15.9 Å². The van der Waals surface area contributed by atoms with Crippen LogP contribution in [0.25, 0.3) is 11.3 Å². The smallest absolute Gasteiger partial charge is 0.412 e. The van der Waals surface area contributed by atoms with Crippen molar-refractivity contribution in [2.75, 3.05) is 5.32 Å². The first kappa shape index (κ1) is 15.5. The summed E-state index contributed by atoms with van der Waals surface area (Å²) in [7, 11) is 0. The largest absolute Gasteiger partial charge is 0.444 e. The standard InChI is InChI=1S/C16H17BrN2O2/c1-16(2,3)21-15(20)18-12-9-7-11(8-10-12)13-5-4-6-14(17)19-13/h4-10H,1-3H3,(H,18,20). The monoisotopic (exact) mass is 348 g/mol. The van der Waals surface area contributed by atoms with Crippen molar-refractivity contribution >= 4 is 27.7 Å². The van der Waals surface area contributed by atoms with Crippen molar-refractivity contribution in [3.8, 4) is 11.3 Å². The van der Waals surface area contributed by atoms with Gasteiger partial charge in [-0.2, -0.15) is 0 Å². The van der Waals surface area contributed by atoms with Crippen LogP contribution in [0.4, 0.5) is 10.5 Å². The van der Waals surface area contributed by atoms with Crippen molar-refractivity contribution in [1.29, 1.82) is 0 Å². The summed E-state index contributed by atoms with van der Waals surface area (Å²) in [5, 5.41) is 2.70. The number of halogens is 1. The van der Waals surface area contributed by atoms with E-state index in [1.807, 2.05) is 63.2 Å². The van der Waals surface area contributed by atoms with Gasteiger partial charge in [-0.05, 0) is 61.0 Å². The zero-order valence-electron chi connectivity index (χ0n) is 12.2. The summed E-state index contributed by atoms with van der Waals surface area (Å²) < 4.78 is 5.99. The Morgan fingerprint density at radius 1 is 1.14 bits per heavy atom. The minimum Gasteiger partial charge on any atom is -0.444 e. The molecular formula is C16H17BrN2O2. The van der Waals surface area contributed by atoms with Crippen LogP contribution in [-0.2, 0) is 4.74 Å². The average Bonchev–Trinajstić information content (AvgIpc) is 2.37. The highest BCUT2D eigenvalue weighted by Gasteiger charge is 2.16. The average molecular weight is 349 g/mol. The third kappa shape index (κ3) is 4.86. The molecule has 0 fully saturated rings. The van der Waals surface area contributed by atoms with Gasteiger partial charge in [-0.3, -0.25) is 5.32 Å².